The standard InChI is InChI=1S/C30H37FN6O3/c1-5-27(39)36-15-20(3)37(16-19(36)2)28-22-11-13-35(29-24(31)9-6-10-26(29)38)17-25(22)33-30(23(28)14-32)40-18-21-8-7-12-34(21)4/h5-6,9-10,19-21,38H,1,7-8,11-13,15-18H2,2-4H3/t19-,20+,21?/m1/s1. The molecule has 40 heavy (non-hydrogen) atoms. The molecule has 1 aromatic heterocycles. The van der Waals surface area contributed by atoms with E-state index in [1.54, 1.807) is 4.90 Å². The Labute approximate surface area is 235 Å². The molecule has 1 aromatic carbocycles. The molecule has 2 aromatic rings. The molecule has 2 saturated heterocycles. The number of piperazine rings is 1. The van der Waals surface area contributed by atoms with Crippen molar-refractivity contribution in [3.8, 4) is 17.7 Å². The summed E-state index contributed by atoms with van der Waals surface area (Å²) >= 11 is 0. The molecule has 3 aliphatic heterocycles. The number of carbonyl (C=O) groups is 1. The number of phenolic OH excluding ortho intramolecular Hbond substituents is 1. The Balaban J connectivity index is 1.56. The van der Waals surface area contributed by atoms with E-state index in [1.165, 1.54) is 24.3 Å². The quantitative estimate of drug-likeness (QED) is 0.549. The van der Waals surface area contributed by atoms with Crippen molar-refractivity contribution in [1.29, 1.82) is 5.26 Å². The maximum absolute atomic E-state index is 14.8. The van der Waals surface area contributed by atoms with Crippen molar-refractivity contribution in [2.45, 2.75) is 57.8 Å². The molecule has 9 nitrogen and oxygen atoms in total. The summed E-state index contributed by atoms with van der Waals surface area (Å²) in [5.41, 5.74) is 2.95. The summed E-state index contributed by atoms with van der Waals surface area (Å²) in [5.74, 6) is -0.450. The number of nitriles is 1. The molecule has 0 bridgehead atoms. The Hall–Kier alpha value is -3.84. The Morgan fingerprint density at radius 1 is 1.27 bits per heavy atom. The predicted molar refractivity (Wildman–Crippen MR) is 151 cm³/mol. The number of rotatable bonds is 6. The van der Waals surface area contributed by atoms with E-state index in [1.807, 2.05) is 18.7 Å². The fraction of sp³-hybridized carbons (Fsp3) is 0.500. The molecule has 212 valence electrons. The SMILES string of the molecule is C=CC(=O)N1C[C@H](C)N(c2c(C#N)c(OCC3CCCN3C)nc3c2CCN(c2c(O)cccc2F)C3)C[C@H]1C. The van der Waals surface area contributed by atoms with E-state index < -0.39 is 5.82 Å². The number of fused-ring (bicyclic) bond motifs is 1. The number of benzene rings is 1. The number of carbonyl (C=O) groups excluding carboxylic acids is 1. The molecule has 4 heterocycles. The Morgan fingerprint density at radius 2 is 2.08 bits per heavy atom. The number of aromatic nitrogens is 1. The van der Waals surface area contributed by atoms with Crippen molar-refractivity contribution in [3.05, 3.63) is 53.5 Å². The van der Waals surface area contributed by atoms with Gasteiger partial charge < -0.3 is 29.4 Å². The number of aromatic hydroxyl groups is 1. The molecule has 0 radical (unpaired) electrons. The molecular weight excluding hydrogens is 511 g/mol. The number of para-hydroxylation sites is 1. The number of hydrogen-bond donors (Lipinski definition) is 1. The maximum Gasteiger partial charge on any atom is 0.246 e. The van der Waals surface area contributed by atoms with Crippen molar-refractivity contribution in [1.82, 2.24) is 14.8 Å². The van der Waals surface area contributed by atoms with Crippen molar-refractivity contribution in [2.24, 2.45) is 0 Å². The third-order valence-electron chi connectivity index (χ3n) is 8.50. The van der Waals surface area contributed by atoms with Crippen LogP contribution in [-0.2, 0) is 17.8 Å². The van der Waals surface area contributed by atoms with Gasteiger partial charge in [-0.1, -0.05) is 12.6 Å². The number of ether oxygens (including phenoxy) is 1. The minimum atomic E-state index is -0.497. The molecule has 1 amide bonds. The summed E-state index contributed by atoms with van der Waals surface area (Å²) < 4.78 is 21.1. The van der Waals surface area contributed by atoms with Crippen LogP contribution in [0.1, 0.15) is 43.5 Å². The van der Waals surface area contributed by atoms with Crippen molar-refractivity contribution in [3.63, 3.8) is 0 Å². The van der Waals surface area contributed by atoms with Gasteiger partial charge in [0.2, 0.25) is 11.8 Å². The van der Waals surface area contributed by atoms with Crippen LogP contribution in [0.15, 0.2) is 30.9 Å². The van der Waals surface area contributed by atoms with Crippen LogP contribution in [0.2, 0.25) is 0 Å². The number of anilines is 2. The van der Waals surface area contributed by atoms with Gasteiger partial charge in [-0.3, -0.25) is 4.79 Å². The van der Waals surface area contributed by atoms with E-state index in [-0.39, 0.29) is 47.9 Å². The highest BCUT2D eigenvalue weighted by atomic mass is 19.1. The lowest BCUT2D eigenvalue weighted by atomic mass is 9.95. The average Bonchev–Trinajstić information content (AvgIpc) is 3.35. The fourth-order valence-corrected chi connectivity index (χ4v) is 6.29. The van der Waals surface area contributed by atoms with Crippen LogP contribution in [0.25, 0.3) is 0 Å². The minimum Gasteiger partial charge on any atom is -0.506 e. The van der Waals surface area contributed by atoms with Gasteiger partial charge in [-0.25, -0.2) is 9.37 Å². The van der Waals surface area contributed by atoms with Gasteiger partial charge in [0.15, 0.2) is 0 Å². The number of pyridine rings is 1. The summed E-state index contributed by atoms with van der Waals surface area (Å²) in [5, 5.41) is 20.9. The first-order valence-corrected chi connectivity index (χ1v) is 13.9. The predicted octanol–water partition coefficient (Wildman–Crippen LogP) is 3.45. The summed E-state index contributed by atoms with van der Waals surface area (Å²) in [6, 6.07) is 6.76. The summed E-state index contributed by atoms with van der Waals surface area (Å²) in [6.45, 7) is 10.9. The largest absolute Gasteiger partial charge is 0.506 e. The highest BCUT2D eigenvalue weighted by Gasteiger charge is 2.37. The van der Waals surface area contributed by atoms with Crippen molar-refractivity contribution in [2.75, 3.05) is 49.6 Å². The number of likely N-dealkylation sites (tertiary alicyclic amines) is 1. The van der Waals surface area contributed by atoms with Gasteiger partial charge in [-0.15, -0.1) is 0 Å². The van der Waals surface area contributed by atoms with Crippen LogP contribution in [0.3, 0.4) is 0 Å². The second-order valence-electron chi connectivity index (χ2n) is 11.1. The van der Waals surface area contributed by atoms with E-state index in [9.17, 15) is 19.6 Å². The van der Waals surface area contributed by atoms with Crippen molar-refractivity contribution < 1.29 is 19.0 Å². The zero-order valence-electron chi connectivity index (χ0n) is 23.4. The van der Waals surface area contributed by atoms with Gasteiger partial charge in [0.05, 0.1) is 17.9 Å². The molecule has 1 N–H and O–H groups in total. The van der Waals surface area contributed by atoms with E-state index in [2.05, 4.69) is 29.5 Å². The number of nitrogens with zero attached hydrogens (tertiary/aromatic N) is 6. The van der Waals surface area contributed by atoms with Gasteiger partial charge >= 0.3 is 0 Å². The van der Waals surface area contributed by atoms with Gasteiger partial charge in [-0.2, -0.15) is 5.26 Å². The van der Waals surface area contributed by atoms with Gasteiger partial charge in [0, 0.05) is 43.3 Å². The number of hydrogen-bond acceptors (Lipinski definition) is 8. The highest BCUT2D eigenvalue weighted by molar-refractivity contribution is 5.87. The number of likely N-dealkylation sites (N-methyl/N-ethyl adjacent to an activating group) is 1. The Morgan fingerprint density at radius 3 is 2.75 bits per heavy atom. The van der Waals surface area contributed by atoms with Crippen LogP contribution in [-0.4, -0.2) is 83.8 Å². The lowest BCUT2D eigenvalue weighted by Crippen LogP contribution is -2.58. The van der Waals surface area contributed by atoms with E-state index in [0.29, 0.717) is 43.9 Å². The van der Waals surface area contributed by atoms with Crippen LogP contribution in [0.4, 0.5) is 15.8 Å². The lowest BCUT2D eigenvalue weighted by Gasteiger charge is -2.46. The molecule has 1 unspecified atom stereocenters. The van der Waals surface area contributed by atoms with Gasteiger partial charge in [0.1, 0.15) is 35.5 Å². The monoisotopic (exact) mass is 548 g/mol. The Kier molecular flexibility index (Phi) is 7.86. The van der Waals surface area contributed by atoms with Gasteiger partial charge in [0.25, 0.3) is 0 Å². The topological polar surface area (TPSA) is 96.2 Å². The molecule has 0 saturated carbocycles. The average molecular weight is 549 g/mol. The summed E-state index contributed by atoms with van der Waals surface area (Å²) in [4.78, 5) is 25.4. The molecule has 0 spiro atoms. The second kappa shape index (κ2) is 11.3. The van der Waals surface area contributed by atoms with Crippen LogP contribution in [0, 0.1) is 17.1 Å². The second-order valence-corrected chi connectivity index (χ2v) is 11.1. The molecular formula is C30H37FN6O3. The molecule has 0 aliphatic carbocycles. The molecule has 5 rings (SSSR count). The van der Waals surface area contributed by atoms with E-state index >= 15 is 0 Å². The first-order valence-electron chi connectivity index (χ1n) is 13.9. The maximum atomic E-state index is 14.8. The lowest BCUT2D eigenvalue weighted by molar-refractivity contribution is -0.128. The van der Waals surface area contributed by atoms with Crippen LogP contribution in [0.5, 0.6) is 11.6 Å². The van der Waals surface area contributed by atoms with Crippen LogP contribution >= 0.6 is 0 Å². The van der Waals surface area contributed by atoms with Gasteiger partial charge in [-0.05, 0) is 64.9 Å². The summed E-state index contributed by atoms with van der Waals surface area (Å²) in [6.07, 6.45) is 3.97. The van der Waals surface area contributed by atoms with Crippen molar-refractivity contribution >= 4 is 17.3 Å². The summed E-state index contributed by atoms with van der Waals surface area (Å²) in [7, 11) is 2.07. The molecule has 3 atom stereocenters. The molecule has 10 heteroatoms. The highest BCUT2D eigenvalue weighted by Crippen LogP contribution is 2.41. The normalized spacial score (nSPS) is 23.1. The number of amides is 1. The first kappa shape index (κ1) is 27.7. The minimum absolute atomic E-state index is 0.0684. The zero-order chi connectivity index (χ0) is 28.6. The third-order valence-corrected chi connectivity index (χ3v) is 8.50. The number of phenols is 1. The number of halogens is 1. The Bertz CT molecular complexity index is 1320. The van der Waals surface area contributed by atoms with E-state index in [0.717, 1.165) is 30.6 Å². The third kappa shape index (κ3) is 5.06. The smallest absolute Gasteiger partial charge is 0.246 e. The fourth-order valence-electron chi connectivity index (χ4n) is 6.29. The molecule has 2 fully saturated rings. The molecule has 3 aliphatic rings. The zero-order valence-corrected chi connectivity index (χ0v) is 23.4. The first-order chi connectivity index (χ1) is 19.2. The van der Waals surface area contributed by atoms with Crippen LogP contribution < -0.4 is 14.5 Å². The van der Waals surface area contributed by atoms with E-state index in [4.69, 9.17) is 9.72 Å².